The van der Waals surface area contributed by atoms with Crippen LogP contribution in [0.25, 0.3) is 10.8 Å². The van der Waals surface area contributed by atoms with Gasteiger partial charge in [0.05, 0.1) is 12.5 Å². The maximum Gasteiger partial charge on any atom is 0.274 e. The molecule has 1 amide bonds. The second kappa shape index (κ2) is 9.87. The summed E-state index contributed by atoms with van der Waals surface area (Å²) in [7, 11) is 1.60. The summed E-state index contributed by atoms with van der Waals surface area (Å²) >= 11 is 0. The second-order valence-corrected chi connectivity index (χ2v) is 6.98. The van der Waals surface area contributed by atoms with Crippen LogP contribution < -0.4 is 15.6 Å². The number of ether oxygens (including phenoxy) is 1. The summed E-state index contributed by atoms with van der Waals surface area (Å²) in [5.41, 5.74) is 0.990. The maximum absolute atomic E-state index is 12.9. The fourth-order valence-electron chi connectivity index (χ4n) is 3.35. The van der Waals surface area contributed by atoms with Crippen molar-refractivity contribution in [2.45, 2.75) is 45.7 Å². The molecule has 0 aliphatic carbocycles. The number of aryl methyl sites for hydroxylation is 1. The Morgan fingerprint density at radius 1 is 1.03 bits per heavy atom. The summed E-state index contributed by atoms with van der Waals surface area (Å²) in [5, 5.41) is 8.41. The van der Waals surface area contributed by atoms with Gasteiger partial charge >= 0.3 is 0 Å². The minimum atomic E-state index is -0.311. The molecular formula is C23H27N3O3. The zero-order valence-electron chi connectivity index (χ0n) is 17.0. The van der Waals surface area contributed by atoms with Gasteiger partial charge < -0.3 is 10.1 Å². The number of fused-ring (bicyclic) bond motifs is 1. The van der Waals surface area contributed by atoms with E-state index in [0.717, 1.165) is 31.2 Å². The van der Waals surface area contributed by atoms with Crippen molar-refractivity contribution in [3.63, 3.8) is 0 Å². The Kier molecular flexibility index (Phi) is 7.00. The Morgan fingerprint density at radius 2 is 1.76 bits per heavy atom. The van der Waals surface area contributed by atoms with Gasteiger partial charge in [-0.2, -0.15) is 5.10 Å². The lowest BCUT2D eigenvalue weighted by Gasteiger charge is -2.12. The molecule has 0 aliphatic rings. The summed E-state index contributed by atoms with van der Waals surface area (Å²) in [5.74, 6) is 0.404. The van der Waals surface area contributed by atoms with Crippen LogP contribution in [0, 0.1) is 0 Å². The third-order valence-corrected chi connectivity index (χ3v) is 4.94. The highest BCUT2D eigenvalue weighted by atomic mass is 16.5. The number of hydrogen-bond donors (Lipinski definition) is 1. The van der Waals surface area contributed by atoms with Gasteiger partial charge in [0.25, 0.3) is 11.5 Å². The van der Waals surface area contributed by atoms with Crippen LogP contribution in [0.15, 0.2) is 53.3 Å². The van der Waals surface area contributed by atoms with Crippen LogP contribution >= 0.6 is 0 Å². The van der Waals surface area contributed by atoms with Gasteiger partial charge in [-0.3, -0.25) is 9.59 Å². The topological polar surface area (TPSA) is 73.2 Å². The number of nitrogens with one attached hydrogen (secondary N) is 1. The molecular weight excluding hydrogens is 366 g/mol. The van der Waals surface area contributed by atoms with Crippen molar-refractivity contribution in [2.24, 2.45) is 0 Å². The number of carbonyl (C=O) groups excluding carboxylic acids is 1. The van der Waals surface area contributed by atoms with Gasteiger partial charge in [-0.1, -0.05) is 62.6 Å². The third kappa shape index (κ3) is 4.83. The summed E-state index contributed by atoms with van der Waals surface area (Å²) in [6.07, 6.45) is 4.14. The molecule has 0 fully saturated rings. The molecule has 0 radical (unpaired) electrons. The molecule has 1 N–H and O–H groups in total. The van der Waals surface area contributed by atoms with Crippen LogP contribution in [0.5, 0.6) is 5.75 Å². The smallest absolute Gasteiger partial charge is 0.274 e. The van der Waals surface area contributed by atoms with E-state index in [-0.39, 0.29) is 17.2 Å². The predicted molar refractivity (Wildman–Crippen MR) is 114 cm³/mol. The molecule has 0 saturated carbocycles. The number of rotatable bonds is 9. The van der Waals surface area contributed by atoms with Gasteiger partial charge in [0, 0.05) is 24.0 Å². The van der Waals surface area contributed by atoms with Gasteiger partial charge in [-0.15, -0.1) is 0 Å². The number of hydrogen-bond acceptors (Lipinski definition) is 4. The number of carbonyl (C=O) groups is 1. The largest absolute Gasteiger partial charge is 0.496 e. The van der Waals surface area contributed by atoms with Gasteiger partial charge in [0.1, 0.15) is 5.75 Å². The quantitative estimate of drug-likeness (QED) is 0.559. The molecule has 1 aromatic heterocycles. The van der Waals surface area contributed by atoms with Crippen LogP contribution in [0.4, 0.5) is 0 Å². The molecule has 0 unspecified atom stereocenters. The summed E-state index contributed by atoms with van der Waals surface area (Å²) in [6, 6.07) is 14.7. The highest BCUT2D eigenvalue weighted by molar-refractivity contribution is 6.04. The lowest BCUT2D eigenvalue weighted by Crippen LogP contribution is -2.30. The van der Waals surface area contributed by atoms with Gasteiger partial charge in [0.2, 0.25) is 0 Å². The number of aromatic nitrogens is 2. The van der Waals surface area contributed by atoms with Crippen molar-refractivity contribution in [1.82, 2.24) is 15.1 Å². The average Bonchev–Trinajstić information content (AvgIpc) is 2.76. The van der Waals surface area contributed by atoms with E-state index < -0.39 is 0 Å². The predicted octanol–water partition coefficient (Wildman–Crippen LogP) is 3.92. The Labute approximate surface area is 170 Å². The third-order valence-electron chi connectivity index (χ3n) is 4.94. The fraction of sp³-hybridized carbons (Fsp3) is 0.348. The molecule has 152 valence electrons. The first-order valence-electron chi connectivity index (χ1n) is 10.1. The number of nitrogens with zero attached hydrogens (tertiary/aromatic N) is 2. The van der Waals surface area contributed by atoms with E-state index in [1.165, 1.54) is 4.68 Å². The molecule has 6 heteroatoms. The molecule has 3 aromatic rings. The summed E-state index contributed by atoms with van der Waals surface area (Å²) in [6.45, 7) is 2.97. The van der Waals surface area contributed by atoms with Crippen LogP contribution in [-0.4, -0.2) is 22.8 Å². The zero-order valence-corrected chi connectivity index (χ0v) is 17.0. The molecule has 0 atom stereocenters. The van der Waals surface area contributed by atoms with E-state index >= 15 is 0 Å². The number of benzene rings is 2. The molecule has 29 heavy (non-hydrogen) atoms. The molecule has 0 aliphatic heterocycles. The maximum atomic E-state index is 12.9. The minimum Gasteiger partial charge on any atom is -0.496 e. The van der Waals surface area contributed by atoms with Crippen molar-refractivity contribution in [3.8, 4) is 5.75 Å². The summed E-state index contributed by atoms with van der Waals surface area (Å²) < 4.78 is 6.77. The molecule has 6 nitrogen and oxygen atoms in total. The standard InChI is InChI=1S/C23H27N3O3/c1-3-4-5-10-15-26-23(28)19-13-8-7-12-18(19)21(25-26)22(27)24-16-17-11-6-9-14-20(17)29-2/h6-9,11-14H,3-5,10,15-16H2,1-2H3,(H,24,27). The SMILES string of the molecule is CCCCCCn1nc(C(=O)NCc2ccccc2OC)c2ccccc2c1=O. The monoisotopic (exact) mass is 393 g/mol. The van der Waals surface area contributed by atoms with E-state index in [2.05, 4.69) is 17.3 Å². The highest BCUT2D eigenvalue weighted by Gasteiger charge is 2.17. The second-order valence-electron chi connectivity index (χ2n) is 6.98. The van der Waals surface area contributed by atoms with Gasteiger partial charge in [-0.05, 0) is 18.6 Å². The van der Waals surface area contributed by atoms with E-state index in [1.54, 1.807) is 19.2 Å². The van der Waals surface area contributed by atoms with Crippen LogP contribution in [0.3, 0.4) is 0 Å². The first-order chi connectivity index (χ1) is 14.2. The van der Waals surface area contributed by atoms with Crippen LogP contribution in [0.2, 0.25) is 0 Å². The molecule has 1 heterocycles. The van der Waals surface area contributed by atoms with E-state index in [9.17, 15) is 9.59 Å². The van der Waals surface area contributed by atoms with E-state index in [0.29, 0.717) is 29.6 Å². The van der Waals surface area contributed by atoms with Crippen molar-refractivity contribution in [2.75, 3.05) is 7.11 Å². The van der Waals surface area contributed by atoms with Crippen molar-refractivity contribution >= 4 is 16.7 Å². The number of amides is 1. The highest BCUT2D eigenvalue weighted by Crippen LogP contribution is 2.18. The molecule has 3 rings (SSSR count). The first kappa shape index (κ1) is 20.6. The zero-order chi connectivity index (χ0) is 20.6. The Hall–Kier alpha value is -3.15. The van der Waals surface area contributed by atoms with E-state index in [1.807, 2.05) is 36.4 Å². The van der Waals surface area contributed by atoms with Gasteiger partial charge in [-0.25, -0.2) is 4.68 Å². The normalized spacial score (nSPS) is 10.8. The minimum absolute atomic E-state index is 0.154. The lowest BCUT2D eigenvalue weighted by atomic mass is 10.1. The number of para-hydroxylation sites is 1. The van der Waals surface area contributed by atoms with Gasteiger partial charge in [0.15, 0.2) is 5.69 Å². The molecule has 0 bridgehead atoms. The fourth-order valence-corrected chi connectivity index (χ4v) is 3.35. The number of methoxy groups -OCH3 is 1. The number of unbranched alkanes of at least 4 members (excludes halogenated alkanes) is 3. The molecule has 0 spiro atoms. The van der Waals surface area contributed by atoms with Crippen molar-refractivity contribution in [1.29, 1.82) is 0 Å². The lowest BCUT2D eigenvalue weighted by molar-refractivity contribution is 0.0945. The molecule has 2 aromatic carbocycles. The first-order valence-corrected chi connectivity index (χ1v) is 10.1. The Balaban J connectivity index is 1.87. The Bertz CT molecular complexity index is 1040. The van der Waals surface area contributed by atoms with E-state index in [4.69, 9.17) is 4.74 Å². The Morgan fingerprint density at radius 3 is 2.52 bits per heavy atom. The van der Waals surface area contributed by atoms with Crippen molar-refractivity contribution < 1.29 is 9.53 Å². The van der Waals surface area contributed by atoms with Crippen molar-refractivity contribution in [3.05, 3.63) is 70.1 Å². The summed E-state index contributed by atoms with van der Waals surface area (Å²) in [4.78, 5) is 25.7. The van der Waals surface area contributed by atoms with Crippen LogP contribution in [0.1, 0.15) is 48.7 Å². The average molecular weight is 393 g/mol. The van der Waals surface area contributed by atoms with Crippen LogP contribution in [-0.2, 0) is 13.1 Å². The molecule has 0 saturated heterocycles.